The van der Waals surface area contributed by atoms with Crippen molar-refractivity contribution < 1.29 is 13.9 Å². The van der Waals surface area contributed by atoms with Gasteiger partial charge in [-0.15, -0.1) is 6.58 Å². The number of hydrogen-bond donors (Lipinski definition) is 1. The Morgan fingerprint density at radius 1 is 1.18 bits per heavy atom. The quantitative estimate of drug-likeness (QED) is 0.576. The molecule has 3 rings (SSSR count). The molecule has 0 spiro atoms. The van der Waals surface area contributed by atoms with Crippen molar-refractivity contribution in [1.29, 1.82) is 0 Å². The minimum atomic E-state index is -1.65. The van der Waals surface area contributed by atoms with Crippen LogP contribution in [0.15, 0.2) is 73.8 Å². The Bertz CT molecular complexity index is 902. The average molecular weight is 384 g/mol. The minimum absolute atomic E-state index is 0.00604. The maximum absolute atomic E-state index is 14.6. The highest BCUT2D eigenvalue weighted by Crippen LogP contribution is 2.28. The molecule has 0 unspecified atom stereocenters. The van der Waals surface area contributed by atoms with Crippen LogP contribution >= 0.6 is 0 Å². The van der Waals surface area contributed by atoms with Crippen molar-refractivity contribution in [2.75, 3.05) is 13.1 Å². The second-order valence-corrected chi connectivity index (χ2v) is 6.69. The van der Waals surface area contributed by atoms with Crippen molar-refractivity contribution in [3.05, 3.63) is 96.6 Å². The van der Waals surface area contributed by atoms with E-state index in [-0.39, 0.29) is 18.7 Å². The van der Waals surface area contributed by atoms with E-state index in [0.717, 1.165) is 17.7 Å². The number of nitrogens with zero attached hydrogens (tertiary/aromatic N) is 4. The molecule has 1 N–H and O–H groups in total. The van der Waals surface area contributed by atoms with Crippen LogP contribution in [0.3, 0.4) is 0 Å². The largest absolute Gasteiger partial charge is 0.382 e. The zero-order chi connectivity index (χ0) is 20.0. The van der Waals surface area contributed by atoms with Crippen LogP contribution in [0.2, 0.25) is 0 Å². The molecule has 0 aliphatic rings. The number of halogens is 2. The number of rotatable bonds is 9. The van der Waals surface area contributed by atoms with Crippen molar-refractivity contribution >= 4 is 0 Å². The van der Waals surface area contributed by atoms with Gasteiger partial charge in [0.1, 0.15) is 29.9 Å². The van der Waals surface area contributed by atoms with Gasteiger partial charge in [-0.2, -0.15) is 5.10 Å². The lowest BCUT2D eigenvalue weighted by Crippen LogP contribution is -2.44. The second-order valence-electron chi connectivity index (χ2n) is 6.69. The highest BCUT2D eigenvalue weighted by molar-refractivity contribution is 5.26. The molecule has 0 aliphatic heterocycles. The van der Waals surface area contributed by atoms with Gasteiger partial charge in [0.2, 0.25) is 0 Å². The van der Waals surface area contributed by atoms with Crippen LogP contribution in [0.25, 0.3) is 0 Å². The van der Waals surface area contributed by atoms with Gasteiger partial charge in [0, 0.05) is 31.3 Å². The Kier molecular flexibility index (Phi) is 6.28. The summed E-state index contributed by atoms with van der Waals surface area (Å²) in [4.78, 5) is 5.82. The number of aliphatic hydroxyl groups is 1. The summed E-state index contributed by atoms with van der Waals surface area (Å²) in [6.07, 6.45) is 4.51. The number of benzene rings is 2. The summed E-state index contributed by atoms with van der Waals surface area (Å²) < 4.78 is 29.4. The van der Waals surface area contributed by atoms with Crippen LogP contribution in [0.1, 0.15) is 11.1 Å². The molecule has 5 nitrogen and oxygen atoms in total. The average Bonchev–Trinajstić information content (AvgIpc) is 3.15. The Morgan fingerprint density at radius 2 is 1.96 bits per heavy atom. The summed E-state index contributed by atoms with van der Waals surface area (Å²) in [5, 5.41) is 15.5. The SMILES string of the molecule is C=CCN(Cc1ccccc1)C[C@](O)(Cn1cncn1)c1ccc(F)cc1F. The van der Waals surface area contributed by atoms with Gasteiger partial charge in [0.05, 0.1) is 6.54 Å². The summed E-state index contributed by atoms with van der Waals surface area (Å²) in [6, 6.07) is 12.9. The van der Waals surface area contributed by atoms with Crippen LogP contribution in [-0.4, -0.2) is 37.9 Å². The van der Waals surface area contributed by atoms with E-state index in [2.05, 4.69) is 16.7 Å². The monoisotopic (exact) mass is 384 g/mol. The van der Waals surface area contributed by atoms with Crippen LogP contribution in [0.4, 0.5) is 8.78 Å². The molecule has 1 atom stereocenters. The Hall–Kier alpha value is -2.90. The first-order valence-corrected chi connectivity index (χ1v) is 8.88. The molecule has 7 heteroatoms. The molecule has 0 aliphatic carbocycles. The van der Waals surface area contributed by atoms with Gasteiger partial charge >= 0.3 is 0 Å². The highest BCUT2D eigenvalue weighted by atomic mass is 19.1. The predicted octanol–water partition coefficient (Wildman–Crippen LogP) is 3.13. The standard InChI is InChI=1S/C21H22F2N4O/c1-2-10-26(12-17-6-4-3-5-7-17)13-21(28,14-27-16-24-15-25-27)19-9-8-18(22)11-20(19)23/h2-9,11,15-16,28H,1,10,12-14H2/t21-/m0/s1. The van der Waals surface area contributed by atoms with E-state index < -0.39 is 17.2 Å². The fraction of sp³-hybridized carbons (Fsp3) is 0.238. The van der Waals surface area contributed by atoms with Gasteiger partial charge in [-0.3, -0.25) is 4.90 Å². The molecule has 0 radical (unpaired) electrons. The zero-order valence-corrected chi connectivity index (χ0v) is 15.4. The molecule has 28 heavy (non-hydrogen) atoms. The number of aromatic nitrogens is 3. The summed E-state index contributed by atoms with van der Waals surface area (Å²) in [5.74, 6) is -1.50. The van der Waals surface area contributed by atoms with E-state index >= 15 is 0 Å². The van der Waals surface area contributed by atoms with Gasteiger partial charge < -0.3 is 5.11 Å². The molecule has 1 aromatic heterocycles. The molecule has 3 aromatic rings. The Morgan fingerprint density at radius 3 is 2.61 bits per heavy atom. The fourth-order valence-corrected chi connectivity index (χ4v) is 3.25. The Balaban J connectivity index is 1.93. The second kappa shape index (κ2) is 8.86. The Labute approximate surface area is 162 Å². The van der Waals surface area contributed by atoms with E-state index in [9.17, 15) is 13.9 Å². The van der Waals surface area contributed by atoms with E-state index in [4.69, 9.17) is 0 Å². The van der Waals surface area contributed by atoms with Gasteiger partial charge in [0.15, 0.2) is 0 Å². The lowest BCUT2D eigenvalue weighted by molar-refractivity contribution is -0.0210. The third-order valence-corrected chi connectivity index (χ3v) is 4.44. The van der Waals surface area contributed by atoms with Crippen molar-refractivity contribution in [2.24, 2.45) is 0 Å². The topological polar surface area (TPSA) is 54.2 Å². The molecule has 0 amide bonds. The molecule has 1 heterocycles. The van der Waals surface area contributed by atoms with Gasteiger partial charge in [-0.1, -0.05) is 42.5 Å². The molecule has 0 bridgehead atoms. The van der Waals surface area contributed by atoms with Crippen molar-refractivity contribution in [3.8, 4) is 0 Å². The molecule has 0 saturated heterocycles. The molecule has 2 aromatic carbocycles. The van der Waals surface area contributed by atoms with E-state index in [0.29, 0.717) is 13.1 Å². The maximum atomic E-state index is 14.6. The van der Waals surface area contributed by atoms with Gasteiger partial charge in [-0.05, 0) is 11.6 Å². The normalized spacial score (nSPS) is 13.4. The van der Waals surface area contributed by atoms with Crippen molar-refractivity contribution in [3.63, 3.8) is 0 Å². The first-order valence-electron chi connectivity index (χ1n) is 8.88. The van der Waals surface area contributed by atoms with Crippen LogP contribution in [0, 0.1) is 11.6 Å². The lowest BCUT2D eigenvalue weighted by atomic mass is 9.92. The van der Waals surface area contributed by atoms with Crippen LogP contribution in [0.5, 0.6) is 0 Å². The van der Waals surface area contributed by atoms with Crippen molar-refractivity contribution in [1.82, 2.24) is 19.7 Å². The lowest BCUT2D eigenvalue weighted by Gasteiger charge is -2.34. The van der Waals surface area contributed by atoms with E-state index in [1.54, 1.807) is 6.08 Å². The first-order chi connectivity index (χ1) is 13.5. The summed E-state index contributed by atoms with van der Waals surface area (Å²) in [7, 11) is 0. The molecule has 146 valence electrons. The maximum Gasteiger partial charge on any atom is 0.137 e. The van der Waals surface area contributed by atoms with Gasteiger partial charge in [0.25, 0.3) is 0 Å². The van der Waals surface area contributed by atoms with E-state index in [1.165, 1.54) is 23.4 Å². The third-order valence-electron chi connectivity index (χ3n) is 4.44. The highest BCUT2D eigenvalue weighted by Gasteiger charge is 2.35. The first kappa shape index (κ1) is 19.9. The molecular weight excluding hydrogens is 362 g/mol. The third kappa shape index (κ3) is 4.88. The molecule has 0 fully saturated rings. The fourth-order valence-electron chi connectivity index (χ4n) is 3.25. The van der Waals surface area contributed by atoms with E-state index in [1.807, 2.05) is 35.2 Å². The molecule has 0 saturated carbocycles. The zero-order valence-electron chi connectivity index (χ0n) is 15.4. The summed E-state index contributed by atoms with van der Waals surface area (Å²) in [6.45, 7) is 4.86. The van der Waals surface area contributed by atoms with Gasteiger partial charge in [-0.25, -0.2) is 18.4 Å². The smallest absolute Gasteiger partial charge is 0.137 e. The number of hydrogen-bond acceptors (Lipinski definition) is 4. The predicted molar refractivity (Wildman–Crippen MR) is 102 cm³/mol. The summed E-state index contributed by atoms with van der Waals surface area (Å²) in [5.41, 5.74) is -0.595. The van der Waals surface area contributed by atoms with Crippen molar-refractivity contribution in [2.45, 2.75) is 18.7 Å². The van der Waals surface area contributed by atoms with Crippen LogP contribution in [-0.2, 0) is 18.7 Å². The minimum Gasteiger partial charge on any atom is -0.382 e. The van der Waals surface area contributed by atoms with Crippen LogP contribution < -0.4 is 0 Å². The summed E-state index contributed by atoms with van der Waals surface area (Å²) >= 11 is 0. The molecular formula is C21H22F2N4O.